The van der Waals surface area contributed by atoms with E-state index in [-0.39, 0.29) is 24.4 Å². The predicted molar refractivity (Wildman–Crippen MR) is 85.1 cm³/mol. The molecule has 0 bridgehead atoms. The van der Waals surface area contributed by atoms with E-state index in [1.54, 1.807) is 0 Å². The smallest absolute Gasteiger partial charge is 0.248 e. The Morgan fingerprint density at radius 1 is 1.09 bits per heavy atom. The lowest BCUT2D eigenvalue weighted by atomic mass is 9.86. The van der Waals surface area contributed by atoms with Gasteiger partial charge in [0.2, 0.25) is 11.8 Å². The highest BCUT2D eigenvalue weighted by molar-refractivity contribution is 6.03. The fourth-order valence-electron chi connectivity index (χ4n) is 2.61. The monoisotopic (exact) mass is 320 g/mol. The van der Waals surface area contributed by atoms with Crippen molar-refractivity contribution in [3.05, 3.63) is 42.2 Å². The van der Waals surface area contributed by atoms with Crippen molar-refractivity contribution in [3.63, 3.8) is 0 Å². The minimum absolute atomic E-state index is 0.0927. The van der Waals surface area contributed by atoms with Gasteiger partial charge in [-0.05, 0) is 55.9 Å². The largest absolute Gasteiger partial charge is 0.396 e. The van der Waals surface area contributed by atoms with Crippen molar-refractivity contribution in [1.82, 2.24) is 5.32 Å². The molecule has 3 N–H and O–H groups in total. The minimum atomic E-state index is -0.448. The number of benzene rings is 1. The van der Waals surface area contributed by atoms with Gasteiger partial charge in [0.1, 0.15) is 5.82 Å². The van der Waals surface area contributed by atoms with Crippen LogP contribution in [-0.4, -0.2) is 29.6 Å². The number of halogens is 1. The number of anilines is 1. The van der Waals surface area contributed by atoms with Crippen LogP contribution in [0.4, 0.5) is 10.1 Å². The van der Waals surface area contributed by atoms with Gasteiger partial charge in [-0.1, -0.05) is 0 Å². The van der Waals surface area contributed by atoms with Crippen molar-refractivity contribution in [2.24, 2.45) is 5.92 Å². The maximum atomic E-state index is 12.8. The Labute approximate surface area is 134 Å². The zero-order valence-electron chi connectivity index (χ0n) is 12.8. The van der Waals surface area contributed by atoms with Crippen molar-refractivity contribution >= 4 is 17.5 Å². The van der Waals surface area contributed by atoms with Crippen LogP contribution in [0.3, 0.4) is 0 Å². The van der Waals surface area contributed by atoms with Crippen molar-refractivity contribution < 1.29 is 19.1 Å². The van der Waals surface area contributed by atoms with E-state index in [0.717, 1.165) is 31.8 Å². The molecule has 0 spiro atoms. The summed E-state index contributed by atoms with van der Waals surface area (Å²) in [5.74, 6) is -0.809. The summed E-state index contributed by atoms with van der Waals surface area (Å²) in [5, 5.41) is 14.5. The Morgan fingerprint density at radius 3 is 2.30 bits per heavy atom. The van der Waals surface area contributed by atoms with Gasteiger partial charge in [0, 0.05) is 30.5 Å². The lowest BCUT2D eigenvalue weighted by Crippen LogP contribution is -2.37. The van der Waals surface area contributed by atoms with Crippen LogP contribution in [-0.2, 0) is 9.59 Å². The third-order valence-electron chi connectivity index (χ3n) is 3.95. The molecule has 0 heterocycles. The Balaban J connectivity index is 1.74. The number of carbonyl (C=O) groups excluding carboxylic acids is 2. The van der Waals surface area contributed by atoms with Gasteiger partial charge in [0.05, 0.1) is 0 Å². The zero-order valence-corrected chi connectivity index (χ0v) is 12.8. The molecule has 0 atom stereocenters. The predicted octanol–water partition coefficient (Wildman–Crippen LogP) is 1.99. The van der Waals surface area contributed by atoms with E-state index in [0.29, 0.717) is 11.6 Å². The van der Waals surface area contributed by atoms with Crippen LogP contribution in [0.15, 0.2) is 36.4 Å². The minimum Gasteiger partial charge on any atom is -0.396 e. The third kappa shape index (κ3) is 5.83. The standard InChI is InChI=1S/C17H21FN2O3/c18-13-3-7-15(8-4-13)20-17(23)10-9-16(22)19-14-5-1-12(11-21)2-6-14/h3-4,7-10,12,14,21H,1-2,5-6,11H2,(H,19,22)(H,20,23)/b10-9+. The highest BCUT2D eigenvalue weighted by atomic mass is 19.1. The molecule has 1 aliphatic rings. The number of nitrogens with one attached hydrogen (secondary N) is 2. The average Bonchev–Trinajstić information content (AvgIpc) is 2.56. The first-order valence-electron chi connectivity index (χ1n) is 7.73. The van der Waals surface area contributed by atoms with E-state index in [2.05, 4.69) is 10.6 Å². The van der Waals surface area contributed by atoms with Crippen LogP contribution in [0.5, 0.6) is 0 Å². The van der Waals surface area contributed by atoms with Crippen LogP contribution >= 0.6 is 0 Å². The number of hydrogen-bond donors (Lipinski definition) is 3. The van der Waals surface area contributed by atoms with E-state index >= 15 is 0 Å². The first-order valence-corrected chi connectivity index (χ1v) is 7.73. The topological polar surface area (TPSA) is 78.4 Å². The molecule has 0 unspecified atom stereocenters. The second-order valence-electron chi connectivity index (χ2n) is 5.74. The highest BCUT2D eigenvalue weighted by Gasteiger charge is 2.21. The molecule has 1 aliphatic carbocycles. The number of hydrogen-bond acceptors (Lipinski definition) is 3. The van der Waals surface area contributed by atoms with Crippen LogP contribution in [0.1, 0.15) is 25.7 Å². The summed E-state index contributed by atoms with van der Waals surface area (Å²) in [5.41, 5.74) is 0.462. The average molecular weight is 320 g/mol. The van der Waals surface area contributed by atoms with Gasteiger partial charge in [0.25, 0.3) is 0 Å². The second kappa shape index (κ2) is 8.43. The van der Waals surface area contributed by atoms with E-state index in [4.69, 9.17) is 5.11 Å². The molecule has 1 fully saturated rings. The van der Waals surface area contributed by atoms with Crippen molar-refractivity contribution in [1.29, 1.82) is 0 Å². The van der Waals surface area contributed by atoms with Crippen LogP contribution in [0.2, 0.25) is 0 Å². The quantitative estimate of drug-likeness (QED) is 0.726. The summed E-state index contributed by atoms with van der Waals surface area (Å²) in [6, 6.07) is 5.47. The summed E-state index contributed by atoms with van der Waals surface area (Å²) >= 11 is 0. The second-order valence-corrected chi connectivity index (χ2v) is 5.74. The van der Waals surface area contributed by atoms with Gasteiger partial charge < -0.3 is 15.7 Å². The number of aliphatic hydroxyl groups excluding tert-OH is 1. The fourth-order valence-corrected chi connectivity index (χ4v) is 2.61. The normalized spacial score (nSPS) is 21.1. The lowest BCUT2D eigenvalue weighted by Gasteiger charge is -2.27. The van der Waals surface area contributed by atoms with Crippen molar-refractivity contribution in [2.75, 3.05) is 11.9 Å². The SMILES string of the molecule is O=C(/C=C/C(=O)NC1CCC(CO)CC1)Nc1ccc(F)cc1. The van der Waals surface area contributed by atoms with E-state index in [1.165, 1.54) is 30.3 Å². The molecule has 0 aliphatic heterocycles. The number of aliphatic hydroxyl groups is 1. The molecule has 2 rings (SSSR count). The Hall–Kier alpha value is -2.21. The molecule has 124 valence electrons. The van der Waals surface area contributed by atoms with Gasteiger partial charge in [-0.25, -0.2) is 4.39 Å². The fraction of sp³-hybridized carbons (Fsp3) is 0.412. The molecular weight excluding hydrogens is 299 g/mol. The Bertz CT molecular complexity index is 564. The third-order valence-corrected chi connectivity index (χ3v) is 3.95. The molecule has 1 saturated carbocycles. The molecule has 5 nitrogen and oxygen atoms in total. The summed E-state index contributed by atoms with van der Waals surface area (Å²) in [6.07, 6.45) is 5.82. The Morgan fingerprint density at radius 2 is 1.70 bits per heavy atom. The van der Waals surface area contributed by atoms with Gasteiger partial charge in [0.15, 0.2) is 0 Å². The lowest BCUT2D eigenvalue weighted by molar-refractivity contribution is -0.118. The highest BCUT2D eigenvalue weighted by Crippen LogP contribution is 2.23. The van der Waals surface area contributed by atoms with Gasteiger partial charge in [-0.3, -0.25) is 9.59 Å². The van der Waals surface area contributed by atoms with Crippen LogP contribution in [0, 0.1) is 11.7 Å². The van der Waals surface area contributed by atoms with Crippen LogP contribution in [0.25, 0.3) is 0 Å². The van der Waals surface area contributed by atoms with E-state index < -0.39 is 5.91 Å². The maximum absolute atomic E-state index is 12.8. The molecule has 1 aromatic rings. The molecule has 0 aromatic heterocycles. The Kier molecular flexibility index (Phi) is 6.29. The van der Waals surface area contributed by atoms with E-state index in [1.807, 2.05) is 0 Å². The van der Waals surface area contributed by atoms with Crippen molar-refractivity contribution in [2.45, 2.75) is 31.7 Å². The summed E-state index contributed by atoms with van der Waals surface area (Å²) in [7, 11) is 0. The zero-order chi connectivity index (χ0) is 16.7. The maximum Gasteiger partial charge on any atom is 0.248 e. The summed E-state index contributed by atoms with van der Waals surface area (Å²) in [6.45, 7) is 0.199. The molecular formula is C17H21FN2O3. The summed E-state index contributed by atoms with van der Waals surface area (Å²) in [4.78, 5) is 23.5. The van der Waals surface area contributed by atoms with Gasteiger partial charge >= 0.3 is 0 Å². The number of carbonyl (C=O) groups is 2. The van der Waals surface area contributed by atoms with Gasteiger partial charge in [-0.2, -0.15) is 0 Å². The first kappa shape index (κ1) is 17.1. The molecule has 23 heavy (non-hydrogen) atoms. The molecule has 1 aromatic carbocycles. The molecule has 0 saturated heterocycles. The summed E-state index contributed by atoms with van der Waals surface area (Å²) < 4.78 is 12.8. The number of rotatable bonds is 5. The van der Waals surface area contributed by atoms with Crippen LogP contribution < -0.4 is 10.6 Å². The molecule has 0 radical (unpaired) electrons. The van der Waals surface area contributed by atoms with Gasteiger partial charge in [-0.15, -0.1) is 0 Å². The van der Waals surface area contributed by atoms with E-state index in [9.17, 15) is 14.0 Å². The molecule has 2 amide bonds. The number of amides is 2. The first-order chi connectivity index (χ1) is 11.1. The van der Waals surface area contributed by atoms with Crippen molar-refractivity contribution in [3.8, 4) is 0 Å². The molecule has 6 heteroatoms.